The molecular formula is C18H13ClN4O3S. The van der Waals surface area contributed by atoms with E-state index in [1.165, 1.54) is 11.3 Å². The van der Waals surface area contributed by atoms with Gasteiger partial charge < -0.3 is 15.5 Å². The third-order valence-electron chi connectivity index (χ3n) is 3.95. The third kappa shape index (κ3) is 3.57. The summed E-state index contributed by atoms with van der Waals surface area (Å²) in [7, 11) is 0. The molecule has 7 nitrogen and oxygen atoms in total. The molecule has 0 fully saturated rings. The van der Waals surface area contributed by atoms with Crippen molar-refractivity contribution in [3.05, 3.63) is 57.7 Å². The van der Waals surface area contributed by atoms with Crippen LogP contribution in [0, 0.1) is 0 Å². The number of primary amides is 1. The van der Waals surface area contributed by atoms with Gasteiger partial charge in [0.2, 0.25) is 0 Å². The number of aromatic amines is 1. The lowest BCUT2D eigenvalue weighted by Crippen LogP contribution is -2.21. The molecular weight excluding hydrogens is 388 g/mol. The molecule has 3 aromatic rings. The molecule has 136 valence electrons. The van der Waals surface area contributed by atoms with Gasteiger partial charge in [0.05, 0.1) is 11.3 Å². The molecule has 0 aliphatic carbocycles. The Kier molecular flexibility index (Phi) is 4.43. The van der Waals surface area contributed by atoms with Crippen LogP contribution in [0.5, 0.6) is 5.75 Å². The number of hydrogen-bond acceptors (Lipinski definition) is 5. The van der Waals surface area contributed by atoms with E-state index in [-0.39, 0.29) is 12.5 Å². The van der Waals surface area contributed by atoms with Gasteiger partial charge in [-0.2, -0.15) is 0 Å². The topological polar surface area (TPSA) is 110 Å². The van der Waals surface area contributed by atoms with E-state index in [0.29, 0.717) is 38.4 Å². The fourth-order valence-corrected chi connectivity index (χ4v) is 3.50. The Morgan fingerprint density at radius 3 is 2.96 bits per heavy atom. The van der Waals surface area contributed by atoms with E-state index in [4.69, 9.17) is 22.1 Å². The second-order valence-electron chi connectivity index (χ2n) is 5.80. The zero-order valence-electron chi connectivity index (χ0n) is 13.8. The molecule has 0 unspecified atom stereocenters. The SMILES string of the molecule is NC(=O)c1cc(-c2csc(NC(=O)C3=Cc4cc(Cl)ccc4OC3)n2)c[nH]1. The summed E-state index contributed by atoms with van der Waals surface area (Å²) in [5.41, 5.74) is 8.10. The van der Waals surface area contributed by atoms with Crippen LogP contribution in [0.25, 0.3) is 17.3 Å². The number of nitrogens with one attached hydrogen (secondary N) is 2. The van der Waals surface area contributed by atoms with Crippen molar-refractivity contribution >= 4 is 46.0 Å². The predicted octanol–water partition coefficient (Wildman–Crippen LogP) is 3.31. The van der Waals surface area contributed by atoms with Crippen molar-refractivity contribution in [1.29, 1.82) is 0 Å². The van der Waals surface area contributed by atoms with Gasteiger partial charge in [-0.3, -0.25) is 14.9 Å². The van der Waals surface area contributed by atoms with Gasteiger partial charge in [-0.15, -0.1) is 11.3 Å². The Morgan fingerprint density at radius 2 is 2.19 bits per heavy atom. The molecule has 1 aliphatic heterocycles. The molecule has 0 saturated carbocycles. The number of anilines is 1. The smallest absolute Gasteiger partial charge is 0.265 e. The molecule has 2 amide bonds. The van der Waals surface area contributed by atoms with Gasteiger partial charge in [0, 0.05) is 27.7 Å². The fraction of sp³-hybridized carbons (Fsp3) is 0.0556. The minimum atomic E-state index is -0.547. The molecule has 9 heteroatoms. The second kappa shape index (κ2) is 6.90. The predicted molar refractivity (Wildman–Crippen MR) is 104 cm³/mol. The largest absolute Gasteiger partial charge is 0.488 e. The van der Waals surface area contributed by atoms with Gasteiger partial charge in [0.25, 0.3) is 11.8 Å². The number of halogens is 1. The highest BCUT2D eigenvalue weighted by molar-refractivity contribution is 7.14. The standard InChI is InChI=1S/C18H13ClN4O3S/c19-12-1-2-15-9(4-12)3-11(7-26-15)17(25)23-18-22-14(8-27-18)10-5-13(16(20)24)21-6-10/h1-6,8,21H,7H2,(H2,20,24)(H,22,23,25). The summed E-state index contributed by atoms with van der Waals surface area (Å²) in [5, 5.41) is 5.55. The zero-order valence-corrected chi connectivity index (χ0v) is 15.4. The first-order chi connectivity index (χ1) is 13.0. The average molecular weight is 401 g/mol. The number of rotatable bonds is 4. The second-order valence-corrected chi connectivity index (χ2v) is 7.09. The number of ether oxygens (including phenoxy) is 1. The Bertz CT molecular complexity index is 1090. The number of thiazole rings is 1. The lowest BCUT2D eigenvalue weighted by molar-refractivity contribution is -0.113. The summed E-state index contributed by atoms with van der Waals surface area (Å²) in [6.07, 6.45) is 3.39. The van der Waals surface area contributed by atoms with Gasteiger partial charge in [-0.05, 0) is 30.3 Å². The van der Waals surface area contributed by atoms with E-state index in [9.17, 15) is 9.59 Å². The lowest BCUT2D eigenvalue weighted by atomic mass is 10.1. The number of carbonyl (C=O) groups excluding carboxylic acids is 2. The van der Waals surface area contributed by atoms with Crippen LogP contribution in [0.1, 0.15) is 16.1 Å². The van der Waals surface area contributed by atoms with E-state index >= 15 is 0 Å². The summed E-state index contributed by atoms with van der Waals surface area (Å²) in [6.45, 7) is 0.165. The minimum Gasteiger partial charge on any atom is -0.488 e. The summed E-state index contributed by atoms with van der Waals surface area (Å²) >= 11 is 7.27. The molecule has 27 heavy (non-hydrogen) atoms. The Labute approximate surface area is 162 Å². The van der Waals surface area contributed by atoms with Crippen molar-refractivity contribution in [3.8, 4) is 17.0 Å². The molecule has 0 saturated heterocycles. The highest BCUT2D eigenvalue weighted by Crippen LogP contribution is 2.30. The number of aromatic nitrogens is 2. The van der Waals surface area contributed by atoms with Gasteiger partial charge in [0.15, 0.2) is 5.13 Å². The van der Waals surface area contributed by atoms with E-state index < -0.39 is 5.91 Å². The Balaban J connectivity index is 1.50. The number of carbonyl (C=O) groups is 2. The van der Waals surface area contributed by atoms with Crippen molar-refractivity contribution in [2.45, 2.75) is 0 Å². The van der Waals surface area contributed by atoms with Crippen molar-refractivity contribution in [3.63, 3.8) is 0 Å². The van der Waals surface area contributed by atoms with E-state index in [1.807, 2.05) is 0 Å². The van der Waals surface area contributed by atoms with Crippen molar-refractivity contribution in [1.82, 2.24) is 9.97 Å². The monoisotopic (exact) mass is 400 g/mol. The van der Waals surface area contributed by atoms with E-state index in [2.05, 4.69) is 15.3 Å². The van der Waals surface area contributed by atoms with Gasteiger partial charge in [-0.25, -0.2) is 4.98 Å². The number of hydrogen-bond donors (Lipinski definition) is 3. The first-order valence-corrected chi connectivity index (χ1v) is 9.14. The Hall–Kier alpha value is -3.10. The maximum Gasteiger partial charge on any atom is 0.265 e. The number of H-pyrrole nitrogens is 1. The maximum atomic E-state index is 12.5. The van der Waals surface area contributed by atoms with Crippen LogP contribution in [0.4, 0.5) is 5.13 Å². The molecule has 2 aromatic heterocycles. The van der Waals surface area contributed by atoms with E-state index in [1.54, 1.807) is 41.9 Å². The van der Waals surface area contributed by atoms with Gasteiger partial charge in [0.1, 0.15) is 18.1 Å². The van der Waals surface area contributed by atoms with E-state index in [0.717, 1.165) is 5.56 Å². The first-order valence-electron chi connectivity index (χ1n) is 7.88. The van der Waals surface area contributed by atoms with Crippen molar-refractivity contribution in [2.24, 2.45) is 5.73 Å². The number of fused-ring (bicyclic) bond motifs is 1. The van der Waals surface area contributed by atoms with Crippen LogP contribution < -0.4 is 15.8 Å². The summed E-state index contributed by atoms with van der Waals surface area (Å²) in [6, 6.07) is 6.86. The molecule has 0 radical (unpaired) electrons. The number of amides is 2. The molecule has 3 heterocycles. The summed E-state index contributed by atoms with van der Waals surface area (Å²) in [5.74, 6) is -0.159. The summed E-state index contributed by atoms with van der Waals surface area (Å²) in [4.78, 5) is 30.8. The number of benzene rings is 1. The van der Waals surface area contributed by atoms with Crippen LogP contribution in [-0.4, -0.2) is 28.4 Å². The van der Waals surface area contributed by atoms with Crippen molar-refractivity contribution in [2.75, 3.05) is 11.9 Å². The van der Waals surface area contributed by atoms with Gasteiger partial charge >= 0.3 is 0 Å². The maximum absolute atomic E-state index is 12.5. The molecule has 1 aliphatic rings. The molecule has 0 bridgehead atoms. The van der Waals surface area contributed by atoms with Crippen molar-refractivity contribution < 1.29 is 14.3 Å². The van der Waals surface area contributed by atoms with Crippen LogP contribution >= 0.6 is 22.9 Å². The number of nitrogens with two attached hydrogens (primary N) is 1. The minimum absolute atomic E-state index is 0.165. The molecule has 4 rings (SSSR count). The quantitative estimate of drug-likeness (QED) is 0.624. The molecule has 0 spiro atoms. The number of nitrogens with zero attached hydrogens (tertiary/aromatic N) is 1. The van der Waals surface area contributed by atoms with Crippen LogP contribution in [0.2, 0.25) is 5.02 Å². The lowest BCUT2D eigenvalue weighted by Gasteiger charge is -2.17. The fourth-order valence-electron chi connectivity index (χ4n) is 2.61. The van der Waals surface area contributed by atoms with Crippen LogP contribution in [0.15, 0.2) is 41.4 Å². The van der Waals surface area contributed by atoms with Gasteiger partial charge in [-0.1, -0.05) is 11.6 Å². The Morgan fingerprint density at radius 1 is 1.33 bits per heavy atom. The highest BCUT2D eigenvalue weighted by atomic mass is 35.5. The average Bonchev–Trinajstić information content (AvgIpc) is 3.30. The normalized spacial score (nSPS) is 12.7. The van der Waals surface area contributed by atoms with Crippen LogP contribution in [0.3, 0.4) is 0 Å². The molecule has 1 aromatic carbocycles. The molecule has 0 atom stereocenters. The summed E-state index contributed by atoms with van der Waals surface area (Å²) < 4.78 is 5.60. The first kappa shape index (κ1) is 17.3. The molecule has 4 N–H and O–H groups in total. The van der Waals surface area contributed by atoms with Crippen LogP contribution in [-0.2, 0) is 4.79 Å². The third-order valence-corrected chi connectivity index (χ3v) is 4.94. The zero-order chi connectivity index (χ0) is 19.0. The highest BCUT2D eigenvalue weighted by Gasteiger charge is 2.19.